The summed E-state index contributed by atoms with van der Waals surface area (Å²) in [5, 5.41) is 4.34. The van der Waals surface area contributed by atoms with E-state index in [0.29, 0.717) is 6.61 Å². The van der Waals surface area contributed by atoms with Crippen LogP contribution in [0.3, 0.4) is 0 Å². The molecule has 4 heteroatoms. The molecule has 4 nitrogen and oxygen atoms in total. The van der Waals surface area contributed by atoms with Gasteiger partial charge in [-0.2, -0.15) is 0 Å². The molecule has 2 aromatic heterocycles. The van der Waals surface area contributed by atoms with Gasteiger partial charge >= 0.3 is 0 Å². The van der Waals surface area contributed by atoms with Crippen LogP contribution in [0.2, 0.25) is 0 Å². The molecule has 3 rings (SSSR count). The topological polar surface area (TPSA) is 47.3 Å². The summed E-state index contributed by atoms with van der Waals surface area (Å²) >= 11 is 0. The number of benzene rings is 1. The Morgan fingerprint density at radius 1 is 1.19 bits per heavy atom. The van der Waals surface area contributed by atoms with Crippen LogP contribution in [0.5, 0.6) is 5.75 Å². The highest BCUT2D eigenvalue weighted by Crippen LogP contribution is 2.24. The lowest BCUT2D eigenvalue weighted by Crippen LogP contribution is -2.12. The molecule has 0 fully saturated rings. The fourth-order valence-electron chi connectivity index (χ4n) is 2.24. The van der Waals surface area contributed by atoms with Crippen molar-refractivity contribution in [3.05, 3.63) is 60.2 Å². The van der Waals surface area contributed by atoms with Gasteiger partial charge < -0.3 is 14.5 Å². The zero-order valence-electron chi connectivity index (χ0n) is 12.0. The van der Waals surface area contributed by atoms with E-state index in [0.717, 1.165) is 41.1 Å². The van der Waals surface area contributed by atoms with E-state index >= 15 is 0 Å². The zero-order valence-corrected chi connectivity index (χ0v) is 12.0. The number of rotatable bonds is 6. The molecule has 0 bridgehead atoms. The van der Waals surface area contributed by atoms with Crippen molar-refractivity contribution in [2.24, 2.45) is 0 Å². The van der Waals surface area contributed by atoms with E-state index in [1.165, 1.54) is 0 Å². The molecule has 0 aliphatic rings. The van der Waals surface area contributed by atoms with Crippen LogP contribution in [-0.2, 0) is 13.2 Å². The van der Waals surface area contributed by atoms with Crippen LogP contribution in [0.15, 0.2) is 53.3 Å². The molecule has 0 atom stereocenters. The number of ether oxygens (including phenoxy) is 1. The van der Waals surface area contributed by atoms with Crippen molar-refractivity contribution in [3.63, 3.8) is 0 Å². The Bertz CT molecular complexity index is 716. The summed E-state index contributed by atoms with van der Waals surface area (Å²) in [5.41, 5.74) is 1.95. The number of hydrogen-bond donors (Lipinski definition) is 1. The number of furan rings is 1. The largest absolute Gasteiger partial charge is 0.486 e. The standard InChI is InChI=1S/C17H18N2O2/c1-2-18-11-16-14(8-10-20-16)12-21-15-7-3-5-13-6-4-9-19-17(13)15/h3-10,18H,2,11-12H2,1H3. The van der Waals surface area contributed by atoms with Crippen molar-refractivity contribution >= 4 is 10.9 Å². The van der Waals surface area contributed by atoms with Gasteiger partial charge in [-0.15, -0.1) is 0 Å². The number of nitrogens with zero attached hydrogens (tertiary/aromatic N) is 1. The lowest BCUT2D eigenvalue weighted by molar-refractivity contribution is 0.304. The predicted molar refractivity (Wildman–Crippen MR) is 82.2 cm³/mol. The van der Waals surface area contributed by atoms with E-state index in [4.69, 9.17) is 9.15 Å². The van der Waals surface area contributed by atoms with Gasteiger partial charge in [-0.25, -0.2) is 0 Å². The normalized spacial score (nSPS) is 10.9. The molecule has 0 aliphatic carbocycles. The van der Waals surface area contributed by atoms with Crippen molar-refractivity contribution in [1.29, 1.82) is 0 Å². The fraction of sp³-hybridized carbons (Fsp3) is 0.235. The van der Waals surface area contributed by atoms with Gasteiger partial charge in [0.1, 0.15) is 23.6 Å². The molecule has 21 heavy (non-hydrogen) atoms. The average Bonchev–Trinajstić information content (AvgIpc) is 2.98. The van der Waals surface area contributed by atoms with Gasteiger partial charge in [-0.3, -0.25) is 4.98 Å². The van der Waals surface area contributed by atoms with Crippen LogP contribution >= 0.6 is 0 Å². The van der Waals surface area contributed by atoms with Crippen molar-refractivity contribution in [2.75, 3.05) is 6.54 Å². The lowest BCUT2D eigenvalue weighted by Gasteiger charge is -2.09. The van der Waals surface area contributed by atoms with Gasteiger partial charge in [0, 0.05) is 17.1 Å². The molecular formula is C17H18N2O2. The minimum atomic E-state index is 0.479. The Morgan fingerprint density at radius 3 is 3.00 bits per heavy atom. The van der Waals surface area contributed by atoms with E-state index in [9.17, 15) is 0 Å². The number of nitrogens with one attached hydrogen (secondary N) is 1. The maximum Gasteiger partial charge on any atom is 0.146 e. The number of hydrogen-bond acceptors (Lipinski definition) is 4. The van der Waals surface area contributed by atoms with Gasteiger partial charge in [-0.05, 0) is 24.7 Å². The van der Waals surface area contributed by atoms with E-state index in [1.54, 1.807) is 12.5 Å². The zero-order chi connectivity index (χ0) is 14.5. The van der Waals surface area contributed by atoms with Crippen molar-refractivity contribution in [3.8, 4) is 5.75 Å². The molecule has 0 saturated heterocycles. The Labute approximate surface area is 123 Å². The van der Waals surface area contributed by atoms with Crippen LogP contribution in [0.1, 0.15) is 18.2 Å². The minimum Gasteiger partial charge on any atom is -0.486 e. The van der Waals surface area contributed by atoms with Crippen molar-refractivity contribution in [2.45, 2.75) is 20.1 Å². The number of fused-ring (bicyclic) bond motifs is 1. The molecule has 3 aromatic rings. The van der Waals surface area contributed by atoms with E-state index in [-0.39, 0.29) is 0 Å². The van der Waals surface area contributed by atoms with Gasteiger partial charge in [0.15, 0.2) is 0 Å². The third-order valence-electron chi connectivity index (χ3n) is 3.35. The van der Waals surface area contributed by atoms with Crippen LogP contribution < -0.4 is 10.1 Å². The van der Waals surface area contributed by atoms with Gasteiger partial charge in [0.05, 0.1) is 12.8 Å². The SMILES string of the molecule is CCNCc1occc1COc1cccc2cccnc12. The highest BCUT2D eigenvalue weighted by molar-refractivity contribution is 5.84. The summed E-state index contributed by atoms with van der Waals surface area (Å²) in [7, 11) is 0. The first kappa shape index (κ1) is 13.6. The second-order valence-corrected chi connectivity index (χ2v) is 4.77. The molecule has 0 radical (unpaired) electrons. The summed E-state index contributed by atoms with van der Waals surface area (Å²) in [4.78, 5) is 4.39. The van der Waals surface area contributed by atoms with Crippen molar-refractivity contribution < 1.29 is 9.15 Å². The molecule has 108 valence electrons. The molecule has 0 unspecified atom stereocenters. The number of aromatic nitrogens is 1. The minimum absolute atomic E-state index is 0.479. The highest BCUT2D eigenvalue weighted by atomic mass is 16.5. The van der Waals surface area contributed by atoms with Crippen LogP contribution in [-0.4, -0.2) is 11.5 Å². The Kier molecular flexibility index (Phi) is 4.17. The Balaban J connectivity index is 1.76. The summed E-state index contributed by atoms with van der Waals surface area (Å²) < 4.78 is 11.4. The molecule has 1 aromatic carbocycles. The third kappa shape index (κ3) is 3.06. The first-order valence-electron chi connectivity index (χ1n) is 7.11. The summed E-state index contributed by atoms with van der Waals surface area (Å²) in [6, 6.07) is 11.9. The molecular weight excluding hydrogens is 264 g/mol. The molecule has 2 heterocycles. The molecule has 0 aliphatic heterocycles. The highest BCUT2D eigenvalue weighted by Gasteiger charge is 2.08. The Morgan fingerprint density at radius 2 is 2.10 bits per heavy atom. The maximum atomic E-state index is 5.93. The smallest absolute Gasteiger partial charge is 0.146 e. The molecule has 0 amide bonds. The summed E-state index contributed by atoms with van der Waals surface area (Å²) in [6.07, 6.45) is 3.48. The molecule has 1 N–H and O–H groups in total. The van der Waals surface area contributed by atoms with Gasteiger partial charge in [0.2, 0.25) is 0 Å². The first-order chi connectivity index (χ1) is 10.4. The second-order valence-electron chi connectivity index (χ2n) is 4.77. The van der Waals surface area contributed by atoms with Crippen LogP contribution in [0.4, 0.5) is 0 Å². The predicted octanol–water partition coefficient (Wildman–Crippen LogP) is 3.52. The van der Waals surface area contributed by atoms with E-state index in [2.05, 4.69) is 17.2 Å². The van der Waals surface area contributed by atoms with Gasteiger partial charge in [-0.1, -0.05) is 25.1 Å². The second kappa shape index (κ2) is 6.41. The number of pyridine rings is 1. The van der Waals surface area contributed by atoms with Crippen molar-refractivity contribution in [1.82, 2.24) is 10.3 Å². The molecule has 0 spiro atoms. The lowest BCUT2D eigenvalue weighted by atomic mass is 10.2. The Hall–Kier alpha value is -2.33. The quantitative estimate of drug-likeness (QED) is 0.751. The monoisotopic (exact) mass is 282 g/mol. The maximum absolute atomic E-state index is 5.93. The number of para-hydroxylation sites is 1. The van der Waals surface area contributed by atoms with E-state index in [1.807, 2.05) is 36.4 Å². The van der Waals surface area contributed by atoms with Gasteiger partial charge in [0.25, 0.3) is 0 Å². The first-order valence-corrected chi connectivity index (χ1v) is 7.11. The summed E-state index contributed by atoms with van der Waals surface area (Å²) in [5.74, 6) is 1.72. The summed E-state index contributed by atoms with van der Waals surface area (Å²) in [6.45, 7) is 4.18. The molecule has 0 saturated carbocycles. The van der Waals surface area contributed by atoms with Crippen LogP contribution in [0.25, 0.3) is 10.9 Å². The van der Waals surface area contributed by atoms with E-state index < -0.39 is 0 Å². The van der Waals surface area contributed by atoms with Crippen LogP contribution in [0, 0.1) is 0 Å². The third-order valence-corrected chi connectivity index (χ3v) is 3.35. The fourth-order valence-corrected chi connectivity index (χ4v) is 2.24. The average molecular weight is 282 g/mol.